The number of benzene rings is 5. The lowest BCUT2D eigenvalue weighted by atomic mass is 9.84. The Morgan fingerprint density at radius 2 is 1.65 bits per heavy atom. The predicted octanol–water partition coefficient (Wildman–Crippen LogP) is 12.6. The number of allylic oxidation sites excluding steroid dienone is 6. The summed E-state index contributed by atoms with van der Waals surface area (Å²) < 4.78 is 2.23. The van der Waals surface area contributed by atoms with Crippen LogP contribution in [0.4, 0.5) is 11.4 Å². The topological polar surface area (TPSA) is 67.9 Å². The van der Waals surface area contributed by atoms with Crippen LogP contribution in [-0.4, -0.2) is 15.6 Å². The number of anilines is 2. The summed E-state index contributed by atoms with van der Waals surface area (Å²) in [5.41, 5.74) is 25.3. The molecule has 2 aliphatic rings. The average Bonchev–Trinajstić information content (AvgIpc) is 3.56. The fourth-order valence-electron chi connectivity index (χ4n) is 8.44. The molecule has 0 bridgehead atoms. The minimum absolute atomic E-state index is 0.0781. The molecular weight excluding hydrogens is 695 g/mol. The van der Waals surface area contributed by atoms with Gasteiger partial charge < -0.3 is 16.4 Å². The highest BCUT2D eigenvalue weighted by Gasteiger charge is 2.23. The van der Waals surface area contributed by atoms with E-state index in [2.05, 4.69) is 176 Å². The Balaban J connectivity index is 1.11. The van der Waals surface area contributed by atoms with Gasteiger partial charge in [0.1, 0.15) is 5.82 Å². The molecule has 9 rings (SSSR count). The van der Waals surface area contributed by atoms with Crippen molar-refractivity contribution >= 4 is 55.6 Å². The first-order valence-corrected chi connectivity index (χ1v) is 19.8. The lowest BCUT2D eigenvalue weighted by molar-refractivity contribution is 0.817. The van der Waals surface area contributed by atoms with E-state index < -0.39 is 0 Å². The van der Waals surface area contributed by atoms with Gasteiger partial charge in [-0.15, -0.1) is 0 Å². The van der Waals surface area contributed by atoms with Gasteiger partial charge in [-0.25, -0.2) is 4.98 Å². The molecule has 0 spiro atoms. The Hall–Kier alpha value is -6.85. The summed E-state index contributed by atoms with van der Waals surface area (Å²) in [5, 5.41) is 11.0. The Bertz CT molecular complexity index is 2930. The van der Waals surface area contributed by atoms with Gasteiger partial charge in [-0.1, -0.05) is 85.0 Å². The van der Waals surface area contributed by atoms with E-state index in [4.69, 9.17) is 10.7 Å². The van der Waals surface area contributed by atoms with Crippen molar-refractivity contribution in [1.82, 2.24) is 14.9 Å². The van der Waals surface area contributed by atoms with Crippen molar-refractivity contribution in [3.05, 3.63) is 186 Å². The normalized spacial score (nSPS) is 15.7. The third kappa shape index (κ3) is 6.55. The molecule has 2 aromatic heterocycles. The van der Waals surface area contributed by atoms with E-state index in [1.54, 1.807) is 0 Å². The zero-order chi connectivity index (χ0) is 39.2. The van der Waals surface area contributed by atoms with Crippen LogP contribution >= 0.6 is 0 Å². The lowest BCUT2D eigenvalue weighted by Crippen LogP contribution is -2.29. The number of hydrogen-bond acceptors (Lipinski definition) is 4. The van der Waals surface area contributed by atoms with Crippen LogP contribution in [0.1, 0.15) is 43.0 Å². The fraction of sp³-hybridized carbons (Fsp3) is 0.135. The molecule has 0 saturated carbocycles. The predicted molar refractivity (Wildman–Crippen MR) is 243 cm³/mol. The number of aromatic nitrogens is 2. The molecule has 1 atom stereocenters. The average molecular weight is 742 g/mol. The smallest absolute Gasteiger partial charge is 0.108 e. The molecule has 0 radical (unpaired) electrons. The Morgan fingerprint density at radius 1 is 0.842 bits per heavy atom. The van der Waals surface area contributed by atoms with E-state index in [0.717, 1.165) is 79.8 Å². The molecule has 0 amide bonds. The molecule has 1 unspecified atom stereocenters. The molecule has 0 saturated heterocycles. The van der Waals surface area contributed by atoms with Crippen LogP contribution < -0.4 is 16.4 Å². The molecule has 0 fully saturated rings. The van der Waals surface area contributed by atoms with Crippen molar-refractivity contribution in [3.8, 4) is 22.4 Å². The number of hydrogen-bond donors (Lipinski definition) is 3. The van der Waals surface area contributed by atoms with Crippen molar-refractivity contribution in [2.24, 2.45) is 5.73 Å². The third-order valence-corrected chi connectivity index (χ3v) is 11.6. The Kier molecular flexibility index (Phi) is 9.22. The van der Waals surface area contributed by atoms with Crippen LogP contribution in [0.25, 0.3) is 66.6 Å². The summed E-state index contributed by atoms with van der Waals surface area (Å²) in [5.74, 6) is 0.698. The quantitative estimate of drug-likeness (QED) is 0.107. The van der Waals surface area contributed by atoms with Crippen LogP contribution in [0.15, 0.2) is 163 Å². The Morgan fingerprint density at radius 3 is 2.47 bits per heavy atom. The molecule has 4 N–H and O–H groups in total. The summed E-state index contributed by atoms with van der Waals surface area (Å²) in [7, 11) is 0. The zero-order valence-corrected chi connectivity index (χ0v) is 33.0. The lowest BCUT2D eigenvalue weighted by Gasteiger charge is -2.24. The SMILES string of the molecule is C=CC1=CC=C(c2ccc3c(c2)c2cc4c(cc2n3/C(N)=C/C(C)=C\C)-c2cc(Nc3ccc(-c5ccc6ccccc6n5)cc3C)ccc2CC4)NC1/C=C\C. The van der Waals surface area contributed by atoms with Gasteiger partial charge in [0.05, 0.1) is 28.3 Å². The zero-order valence-electron chi connectivity index (χ0n) is 33.0. The van der Waals surface area contributed by atoms with Gasteiger partial charge in [-0.05, 0) is 152 Å². The van der Waals surface area contributed by atoms with Crippen LogP contribution in [0, 0.1) is 6.92 Å². The molecule has 280 valence electrons. The highest BCUT2D eigenvalue weighted by molar-refractivity contribution is 6.12. The fourth-order valence-corrected chi connectivity index (χ4v) is 8.44. The number of dihydropyridines is 1. The van der Waals surface area contributed by atoms with E-state index in [0.29, 0.717) is 5.82 Å². The summed E-state index contributed by atoms with van der Waals surface area (Å²) in [4.78, 5) is 4.93. The third-order valence-electron chi connectivity index (χ3n) is 11.6. The van der Waals surface area contributed by atoms with Crippen LogP contribution in [-0.2, 0) is 12.8 Å². The van der Waals surface area contributed by atoms with Crippen molar-refractivity contribution < 1.29 is 0 Å². The number of rotatable bonds is 8. The van der Waals surface area contributed by atoms with E-state index in [9.17, 15) is 0 Å². The van der Waals surface area contributed by atoms with Crippen molar-refractivity contribution in [3.63, 3.8) is 0 Å². The molecule has 57 heavy (non-hydrogen) atoms. The van der Waals surface area contributed by atoms with Gasteiger partial charge in [0.25, 0.3) is 0 Å². The second-order valence-corrected chi connectivity index (χ2v) is 15.2. The summed E-state index contributed by atoms with van der Waals surface area (Å²) in [6, 6.07) is 37.5. The number of nitrogens with one attached hydrogen (secondary N) is 2. The largest absolute Gasteiger partial charge is 0.385 e. The van der Waals surface area contributed by atoms with Gasteiger partial charge in [0.15, 0.2) is 0 Å². The monoisotopic (exact) mass is 741 g/mol. The molecular formula is C52H47N5. The summed E-state index contributed by atoms with van der Waals surface area (Å²) >= 11 is 0. The van der Waals surface area contributed by atoms with E-state index in [-0.39, 0.29) is 6.04 Å². The van der Waals surface area contributed by atoms with Crippen LogP contribution in [0.3, 0.4) is 0 Å². The van der Waals surface area contributed by atoms with Crippen molar-refractivity contribution in [2.75, 3.05) is 5.32 Å². The highest BCUT2D eigenvalue weighted by atomic mass is 15.1. The first-order valence-electron chi connectivity index (χ1n) is 19.8. The number of nitrogens with zero attached hydrogens (tertiary/aromatic N) is 2. The Labute approximate surface area is 335 Å². The minimum Gasteiger partial charge on any atom is -0.385 e. The van der Waals surface area contributed by atoms with Crippen molar-refractivity contribution in [2.45, 2.75) is 46.6 Å². The summed E-state index contributed by atoms with van der Waals surface area (Å²) in [6.45, 7) is 12.4. The maximum atomic E-state index is 7.00. The minimum atomic E-state index is 0.0781. The number of pyridine rings is 1. The van der Waals surface area contributed by atoms with E-state index in [1.165, 1.54) is 38.6 Å². The molecule has 3 heterocycles. The first kappa shape index (κ1) is 35.8. The van der Waals surface area contributed by atoms with Gasteiger partial charge >= 0.3 is 0 Å². The number of nitrogens with two attached hydrogens (primary N) is 1. The summed E-state index contributed by atoms with van der Waals surface area (Å²) in [6.07, 6.45) is 16.6. The highest BCUT2D eigenvalue weighted by Crippen LogP contribution is 2.42. The number of fused-ring (bicyclic) bond motifs is 7. The van der Waals surface area contributed by atoms with Gasteiger partial charge in [0, 0.05) is 38.8 Å². The van der Waals surface area contributed by atoms with Crippen LogP contribution in [0.2, 0.25) is 0 Å². The molecule has 1 aliphatic carbocycles. The number of aryl methyl sites for hydroxylation is 3. The molecule has 5 aromatic carbocycles. The molecule has 5 heteroatoms. The standard InChI is InChI=1S/C52H47N5/c1-6-11-46-34(8-3)17-23-49(55-46)39-20-25-50-43(29-39)44-28-37-15-14-35-16-21-40(30-41(35)42(37)31-51(44)57(50)52(53)26-32(4)7-2)54-45-22-19-38(27-33(45)5)48-24-18-36-12-9-10-13-47(36)56-48/h6-13,16-31,46,54-55H,3,14-15,53H2,1-2,4-5H3/b11-6-,32-7-,52-26+. The molecule has 7 aromatic rings. The maximum Gasteiger partial charge on any atom is 0.108 e. The van der Waals surface area contributed by atoms with E-state index >= 15 is 0 Å². The molecule has 1 aliphatic heterocycles. The second-order valence-electron chi connectivity index (χ2n) is 15.2. The van der Waals surface area contributed by atoms with Crippen molar-refractivity contribution in [1.29, 1.82) is 0 Å². The van der Waals surface area contributed by atoms with Gasteiger partial charge in [-0.2, -0.15) is 0 Å². The molecule has 5 nitrogen and oxygen atoms in total. The van der Waals surface area contributed by atoms with E-state index in [1.807, 2.05) is 19.1 Å². The number of para-hydroxylation sites is 1. The van der Waals surface area contributed by atoms with Gasteiger partial charge in [-0.3, -0.25) is 4.57 Å². The van der Waals surface area contributed by atoms with Gasteiger partial charge in [0.2, 0.25) is 0 Å². The maximum absolute atomic E-state index is 7.00. The van der Waals surface area contributed by atoms with Crippen LogP contribution in [0.5, 0.6) is 0 Å². The first-order chi connectivity index (χ1) is 27.8. The second kappa shape index (κ2) is 14.7.